The minimum Gasteiger partial charge on any atom is -0.325 e. The molecule has 0 aliphatic rings. The van der Waals surface area contributed by atoms with Gasteiger partial charge < -0.3 is 5.32 Å². The number of amides is 1. The summed E-state index contributed by atoms with van der Waals surface area (Å²) < 4.78 is 52.2. The smallest absolute Gasteiger partial charge is 0.243 e. The Labute approximate surface area is 185 Å². The molecule has 9 heteroatoms. The highest BCUT2D eigenvalue weighted by Crippen LogP contribution is 2.21. The zero-order valence-corrected chi connectivity index (χ0v) is 19.9. The van der Waals surface area contributed by atoms with Gasteiger partial charge in [0.25, 0.3) is 0 Å². The molecule has 0 heterocycles. The van der Waals surface area contributed by atoms with E-state index in [1.165, 1.54) is 40.7 Å². The van der Waals surface area contributed by atoms with Crippen LogP contribution in [-0.4, -0.2) is 45.9 Å². The van der Waals surface area contributed by atoms with E-state index in [1.54, 1.807) is 18.2 Å². The topological polar surface area (TPSA) is 101 Å². The molecular weight excluding hydrogens is 436 g/mol. The van der Waals surface area contributed by atoms with Gasteiger partial charge in [0, 0.05) is 18.8 Å². The maximum Gasteiger partial charge on any atom is 0.243 e. The van der Waals surface area contributed by atoms with E-state index in [9.17, 15) is 21.6 Å². The Bertz CT molecular complexity index is 1070. The molecule has 0 spiro atoms. The Morgan fingerprint density at radius 3 is 1.81 bits per heavy atom. The second-order valence-corrected chi connectivity index (χ2v) is 12.2. The summed E-state index contributed by atoms with van der Waals surface area (Å²) in [6.07, 6.45) is 0. The number of anilines is 1. The highest BCUT2D eigenvalue weighted by Gasteiger charge is 2.26. The van der Waals surface area contributed by atoms with E-state index in [-0.39, 0.29) is 21.6 Å². The molecule has 0 aromatic heterocycles. The molecule has 0 aliphatic heterocycles. The molecule has 0 radical (unpaired) electrons. The predicted molar refractivity (Wildman–Crippen MR) is 122 cm³/mol. The molecule has 2 aromatic rings. The van der Waals surface area contributed by atoms with Crippen LogP contribution >= 0.6 is 0 Å². The number of carbonyl (C=O) groups is 1. The summed E-state index contributed by atoms with van der Waals surface area (Å²) in [7, 11) is -7.44. The zero-order valence-electron chi connectivity index (χ0n) is 18.3. The van der Waals surface area contributed by atoms with E-state index >= 15 is 0 Å². The van der Waals surface area contributed by atoms with E-state index in [0.717, 1.165) is 0 Å². The molecular formula is C22H30N2O5S2. The van der Waals surface area contributed by atoms with Gasteiger partial charge in [-0.1, -0.05) is 45.9 Å². The van der Waals surface area contributed by atoms with Gasteiger partial charge >= 0.3 is 0 Å². The van der Waals surface area contributed by atoms with Gasteiger partial charge in [-0.2, -0.15) is 4.31 Å². The van der Waals surface area contributed by atoms with Crippen molar-refractivity contribution in [2.45, 2.75) is 37.5 Å². The van der Waals surface area contributed by atoms with E-state index < -0.39 is 31.5 Å². The number of sulfone groups is 1. The summed E-state index contributed by atoms with van der Waals surface area (Å²) in [5.41, 5.74) is 0.325. The van der Waals surface area contributed by atoms with Crippen LogP contribution in [0.5, 0.6) is 0 Å². The molecule has 7 nitrogen and oxygen atoms in total. The van der Waals surface area contributed by atoms with E-state index in [4.69, 9.17) is 0 Å². The quantitative estimate of drug-likeness (QED) is 0.578. The summed E-state index contributed by atoms with van der Waals surface area (Å²) in [4.78, 5) is 12.4. The molecule has 2 aromatic carbocycles. The van der Waals surface area contributed by atoms with Gasteiger partial charge in [-0.15, -0.1) is 0 Å². The molecule has 1 amide bonds. The Morgan fingerprint density at radius 1 is 0.806 bits per heavy atom. The monoisotopic (exact) mass is 466 g/mol. The minimum atomic E-state index is -3.76. The van der Waals surface area contributed by atoms with Crippen LogP contribution in [0.15, 0.2) is 64.4 Å². The molecule has 170 valence electrons. The average Bonchev–Trinajstić information content (AvgIpc) is 2.67. The van der Waals surface area contributed by atoms with Crippen molar-refractivity contribution in [3.63, 3.8) is 0 Å². The van der Waals surface area contributed by atoms with Gasteiger partial charge in [0.1, 0.15) is 5.75 Å². The molecule has 0 atom stereocenters. The largest absolute Gasteiger partial charge is 0.325 e. The van der Waals surface area contributed by atoms with Crippen molar-refractivity contribution in [2.75, 3.05) is 24.2 Å². The van der Waals surface area contributed by atoms with Crippen molar-refractivity contribution in [2.24, 2.45) is 11.8 Å². The lowest BCUT2D eigenvalue weighted by molar-refractivity contribution is -0.113. The van der Waals surface area contributed by atoms with E-state index in [1.807, 2.05) is 27.7 Å². The van der Waals surface area contributed by atoms with Crippen LogP contribution in [0.3, 0.4) is 0 Å². The summed E-state index contributed by atoms with van der Waals surface area (Å²) in [5.74, 6) is -1.04. The summed E-state index contributed by atoms with van der Waals surface area (Å²) in [6.45, 7) is 8.68. The first kappa shape index (κ1) is 25.0. The summed E-state index contributed by atoms with van der Waals surface area (Å²) in [6, 6.07) is 13.5. The van der Waals surface area contributed by atoms with Crippen LogP contribution < -0.4 is 5.32 Å². The number of rotatable bonds is 10. The third-order valence-corrected chi connectivity index (χ3v) is 7.82. The molecule has 0 saturated carbocycles. The Hall–Kier alpha value is -2.23. The van der Waals surface area contributed by atoms with Gasteiger partial charge in [0.2, 0.25) is 15.9 Å². The second-order valence-electron chi connectivity index (χ2n) is 8.25. The molecule has 0 saturated heterocycles. The highest BCUT2D eigenvalue weighted by atomic mass is 32.2. The Balaban J connectivity index is 2.12. The number of nitrogens with one attached hydrogen (secondary N) is 1. The van der Waals surface area contributed by atoms with Crippen LogP contribution in [0.2, 0.25) is 0 Å². The van der Waals surface area contributed by atoms with Gasteiger partial charge in [-0.25, -0.2) is 16.8 Å². The molecule has 0 bridgehead atoms. The van der Waals surface area contributed by atoms with Crippen LogP contribution in [0.4, 0.5) is 5.69 Å². The molecule has 0 aliphatic carbocycles. The van der Waals surface area contributed by atoms with Gasteiger partial charge in [-0.3, -0.25) is 4.79 Å². The lowest BCUT2D eigenvalue weighted by Crippen LogP contribution is -2.37. The highest BCUT2D eigenvalue weighted by molar-refractivity contribution is 7.92. The third-order valence-electron chi connectivity index (χ3n) is 4.34. The molecule has 0 fully saturated rings. The minimum absolute atomic E-state index is 0.0713. The normalized spacial score (nSPS) is 12.5. The SMILES string of the molecule is CC(C)CN(CC(C)C)S(=O)(=O)c1ccc(NC(=O)CS(=O)(=O)c2ccccc2)cc1. The fourth-order valence-electron chi connectivity index (χ4n) is 3.03. The number of carbonyl (C=O) groups excluding carboxylic acids is 1. The molecule has 0 unspecified atom stereocenters. The van der Waals surface area contributed by atoms with Gasteiger partial charge in [0.05, 0.1) is 9.79 Å². The molecule has 31 heavy (non-hydrogen) atoms. The van der Waals surface area contributed by atoms with E-state index in [2.05, 4.69) is 5.32 Å². The van der Waals surface area contributed by atoms with Crippen molar-refractivity contribution in [1.29, 1.82) is 0 Å². The number of sulfonamides is 1. The number of nitrogens with zero attached hydrogens (tertiary/aromatic N) is 1. The van der Waals surface area contributed by atoms with E-state index in [0.29, 0.717) is 18.8 Å². The lowest BCUT2D eigenvalue weighted by atomic mass is 10.2. The van der Waals surface area contributed by atoms with Crippen molar-refractivity contribution in [1.82, 2.24) is 4.31 Å². The first-order chi connectivity index (χ1) is 14.4. The summed E-state index contributed by atoms with van der Waals surface area (Å²) >= 11 is 0. The lowest BCUT2D eigenvalue weighted by Gasteiger charge is -2.25. The Kier molecular flexibility index (Phi) is 8.39. The maximum absolute atomic E-state index is 13.0. The van der Waals surface area contributed by atoms with Gasteiger partial charge in [-0.05, 0) is 48.2 Å². The zero-order chi connectivity index (χ0) is 23.2. The second kappa shape index (κ2) is 10.4. The first-order valence-electron chi connectivity index (χ1n) is 10.1. The van der Waals surface area contributed by atoms with Crippen molar-refractivity contribution in [3.8, 4) is 0 Å². The maximum atomic E-state index is 13.0. The van der Waals surface area contributed by atoms with Crippen LogP contribution in [0, 0.1) is 11.8 Å². The average molecular weight is 467 g/mol. The molecule has 2 rings (SSSR count). The number of hydrogen-bond donors (Lipinski definition) is 1. The van der Waals surface area contributed by atoms with Crippen LogP contribution in [0.25, 0.3) is 0 Å². The van der Waals surface area contributed by atoms with Crippen LogP contribution in [-0.2, 0) is 24.7 Å². The van der Waals surface area contributed by atoms with Gasteiger partial charge in [0.15, 0.2) is 9.84 Å². The third kappa shape index (κ3) is 7.15. The van der Waals surface area contributed by atoms with Crippen LogP contribution in [0.1, 0.15) is 27.7 Å². The standard InChI is InChI=1S/C22H30N2O5S2/c1-17(2)14-24(15-18(3)4)31(28,29)21-12-10-19(11-13-21)23-22(25)16-30(26,27)20-8-6-5-7-9-20/h5-13,17-18H,14-16H2,1-4H3,(H,23,25). The summed E-state index contributed by atoms with van der Waals surface area (Å²) in [5, 5.41) is 2.51. The number of benzene rings is 2. The predicted octanol–water partition coefficient (Wildman–Crippen LogP) is 3.40. The van der Waals surface area contributed by atoms with Crippen molar-refractivity contribution in [3.05, 3.63) is 54.6 Å². The van der Waals surface area contributed by atoms with Crippen molar-refractivity contribution < 1.29 is 21.6 Å². The van der Waals surface area contributed by atoms with Crippen molar-refractivity contribution >= 4 is 31.5 Å². The molecule has 1 N–H and O–H groups in total. The fraction of sp³-hybridized carbons (Fsp3) is 0.409. The first-order valence-corrected chi connectivity index (χ1v) is 13.2. The number of hydrogen-bond acceptors (Lipinski definition) is 5. The fourth-order valence-corrected chi connectivity index (χ4v) is 5.95. The Morgan fingerprint density at radius 2 is 1.32 bits per heavy atom.